The molecule has 0 heterocycles. The maximum atomic E-state index is 12.1. The van der Waals surface area contributed by atoms with Crippen LogP contribution in [-0.4, -0.2) is 18.0 Å². The Hall–Kier alpha value is -2.00. The van der Waals surface area contributed by atoms with Gasteiger partial charge in [0, 0.05) is 0 Å². The van der Waals surface area contributed by atoms with Gasteiger partial charge in [0.2, 0.25) is 0 Å². The molecule has 0 amide bonds. The molecule has 3 nitrogen and oxygen atoms in total. The lowest BCUT2D eigenvalue weighted by molar-refractivity contribution is -0.134. The minimum absolute atomic E-state index is 0.0838. The SMILES string of the molecule is CCCCCCCOc1ccc(-c2ccc(OC(=O)C(Cl)[C@@H](C)CC)cc2)cc1. The topological polar surface area (TPSA) is 35.5 Å². The molecule has 2 rings (SSSR count). The number of hydrogen-bond acceptors (Lipinski definition) is 3. The van der Waals surface area contributed by atoms with E-state index < -0.39 is 11.3 Å². The Balaban J connectivity index is 1.85. The van der Waals surface area contributed by atoms with E-state index in [1.54, 1.807) is 12.1 Å². The number of alkyl halides is 1. The molecule has 0 radical (unpaired) electrons. The van der Waals surface area contributed by atoms with Gasteiger partial charge in [-0.15, -0.1) is 11.6 Å². The van der Waals surface area contributed by atoms with Crippen molar-refractivity contribution in [2.75, 3.05) is 6.61 Å². The molecule has 0 saturated carbocycles. The van der Waals surface area contributed by atoms with Crippen LogP contribution in [0.4, 0.5) is 0 Å². The summed E-state index contributed by atoms with van der Waals surface area (Å²) in [4.78, 5) is 12.1. The molecule has 0 aliphatic rings. The van der Waals surface area contributed by atoms with E-state index in [1.165, 1.54) is 25.7 Å². The smallest absolute Gasteiger partial charge is 0.329 e. The summed E-state index contributed by atoms with van der Waals surface area (Å²) < 4.78 is 11.2. The van der Waals surface area contributed by atoms with E-state index in [1.807, 2.05) is 50.2 Å². The zero-order valence-corrected chi connectivity index (χ0v) is 18.6. The first-order chi connectivity index (χ1) is 14.0. The summed E-state index contributed by atoms with van der Waals surface area (Å²) in [5, 5.41) is -0.626. The molecule has 0 bridgehead atoms. The molecule has 1 unspecified atom stereocenters. The highest BCUT2D eigenvalue weighted by Gasteiger charge is 2.23. The lowest BCUT2D eigenvalue weighted by atomic mass is 10.0. The predicted octanol–water partition coefficient (Wildman–Crippen LogP) is 7.26. The van der Waals surface area contributed by atoms with Gasteiger partial charge in [-0.25, -0.2) is 0 Å². The van der Waals surface area contributed by atoms with E-state index in [0.717, 1.165) is 36.3 Å². The summed E-state index contributed by atoms with van der Waals surface area (Å²) in [6, 6.07) is 15.6. The van der Waals surface area contributed by atoms with Crippen LogP contribution < -0.4 is 9.47 Å². The first-order valence-corrected chi connectivity index (χ1v) is 11.2. The summed E-state index contributed by atoms with van der Waals surface area (Å²) in [6.07, 6.45) is 7.01. The number of carbonyl (C=O) groups is 1. The molecule has 158 valence electrons. The Morgan fingerprint density at radius 1 is 0.862 bits per heavy atom. The number of esters is 1. The predicted molar refractivity (Wildman–Crippen MR) is 121 cm³/mol. The maximum absolute atomic E-state index is 12.1. The average Bonchev–Trinajstić information content (AvgIpc) is 2.76. The second-order valence-corrected chi connectivity index (χ2v) is 7.99. The second kappa shape index (κ2) is 12.5. The van der Waals surface area contributed by atoms with Gasteiger partial charge < -0.3 is 9.47 Å². The summed E-state index contributed by atoms with van der Waals surface area (Å²) >= 11 is 6.16. The largest absolute Gasteiger partial charge is 0.494 e. The lowest BCUT2D eigenvalue weighted by Crippen LogP contribution is -2.26. The molecule has 2 atom stereocenters. The molecule has 0 fully saturated rings. The van der Waals surface area contributed by atoms with Gasteiger partial charge in [0.05, 0.1) is 6.61 Å². The maximum Gasteiger partial charge on any atom is 0.329 e. The molecule has 0 N–H and O–H groups in total. The standard InChI is InChI=1S/C25H33ClO3/c1-4-6-7-8-9-18-28-22-14-10-20(11-15-22)21-12-16-23(17-13-21)29-25(27)24(26)19(3)5-2/h10-17,19,24H,4-9,18H2,1-3H3/t19-,24?/m0/s1. The molecule has 2 aromatic carbocycles. The van der Waals surface area contributed by atoms with Gasteiger partial charge in [0.15, 0.2) is 0 Å². The fourth-order valence-corrected chi connectivity index (χ4v) is 3.19. The third-order valence-corrected chi connectivity index (χ3v) is 5.75. The van der Waals surface area contributed by atoms with E-state index >= 15 is 0 Å². The summed E-state index contributed by atoms with van der Waals surface area (Å²) in [7, 11) is 0. The van der Waals surface area contributed by atoms with E-state index in [2.05, 4.69) is 6.92 Å². The van der Waals surface area contributed by atoms with Crippen molar-refractivity contribution in [3.8, 4) is 22.6 Å². The van der Waals surface area contributed by atoms with Crippen LogP contribution in [0.2, 0.25) is 0 Å². The molecule has 2 aromatic rings. The number of hydrogen-bond donors (Lipinski definition) is 0. The summed E-state index contributed by atoms with van der Waals surface area (Å²) in [5.74, 6) is 1.09. The molecule has 0 aromatic heterocycles. The second-order valence-electron chi connectivity index (χ2n) is 7.52. The van der Waals surface area contributed by atoms with Crippen molar-refractivity contribution in [2.24, 2.45) is 5.92 Å². The highest BCUT2D eigenvalue weighted by Crippen LogP contribution is 2.25. The van der Waals surface area contributed by atoms with Crippen molar-refractivity contribution < 1.29 is 14.3 Å². The van der Waals surface area contributed by atoms with Crippen LogP contribution in [-0.2, 0) is 4.79 Å². The molecule has 4 heteroatoms. The van der Waals surface area contributed by atoms with Crippen LogP contribution >= 0.6 is 11.6 Å². The molecular formula is C25H33ClO3. The van der Waals surface area contributed by atoms with Gasteiger partial charge in [-0.05, 0) is 47.7 Å². The first-order valence-electron chi connectivity index (χ1n) is 10.7. The fraction of sp³-hybridized carbons (Fsp3) is 0.480. The number of ether oxygens (including phenoxy) is 2. The van der Waals surface area contributed by atoms with Crippen molar-refractivity contribution in [1.29, 1.82) is 0 Å². The van der Waals surface area contributed by atoms with Crippen LogP contribution in [0.3, 0.4) is 0 Å². The lowest BCUT2D eigenvalue weighted by Gasteiger charge is -2.15. The fourth-order valence-electron chi connectivity index (χ4n) is 2.97. The molecular weight excluding hydrogens is 384 g/mol. The Morgan fingerprint density at radius 2 is 1.41 bits per heavy atom. The van der Waals surface area contributed by atoms with Crippen molar-refractivity contribution in [3.63, 3.8) is 0 Å². The van der Waals surface area contributed by atoms with Crippen molar-refractivity contribution in [1.82, 2.24) is 0 Å². The zero-order valence-electron chi connectivity index (χ0n) is 17.8. The highest BCUT2D eigenvalue weighted by molar-refractivity contribution is 6.30. The number of rotatable bonds is 12. The van der Waals surface area contributed by atoms with E-state index in [4.69, 9.17) is 21.1 Å². The molecule has 0 aliphatic carbocycles. The van der Waals surface area contributed by atoms with Gasteiger partial charge >= 0.3 is 5.97 Å². The molecule has 0 aliphatic heterocycles. The molecule has 29 heavy (non-hydrogen) atoms. The number of unbranched alkanes of at least 4 members (excludes halogenated alkanes) is 4. The third kappa shape index (κ3) is 7.74. The van der Waals surface area contributed by atoms with Crippen molar-refractivity contribution >= 4 is 17.6 Å². The van der Waals surface area contributed by atoms with Crippen LogP contribution in [0.15, 0.2) is 48.5 Å². The number of carbonyl (C=O) groups excluding carboxylic acids is 1. The van der Waals surface area contributed by atoms with Crippen molar-refractivity contribution in [3.05, 3.63) is 48.5 Å². The Kier molecular flexibility index (Phi) is 10.1. The Morgan fingerprint density at radius 3 is 1.97 bits per heavy atom. The first kappa shape index (κ1) is 23.3. The Bertz CT molecular complexity index is 725. The normalized spacial score (nSPS) is 13.0. The summed E-state index contributed by atoms with van der Waals surface area (Å²) in [5.41, 5.74) is 2.15. The van der Waals surface area contributed by atoms with Crippen LogP contribution in [0, 0.1) is 5.92 Å². The zero-order chi connectivity index (χ0) is 21.1. The average molecular weight is 417 g/mol. The molecule has 0 spiro atoms. The van der Waals surface area contributed by atoms with Gasteiger partial charge in [-0.1, -0.05) is 77.1 Å². The summed E-state index contributed by atoms with van der Waals surface area (Å²) in [6.45, 7) is 6.94. The quantitative estimate of drug-likeness (QED) is 0.158. The number of halogens is 1. The van der Waals surface area contributed by atoms with E-state index in [9.17, 15) is 4.79 Å². The van der Waals surface area contributed by atoms with Crippen molar-refractivity contribution in [2.45, 2.75) is 64.7 Å². The van der Waals surface area contributed by atoms with E-state index in [-0.39, 0.29) is 5.92 Å². The van der Waals surface area contributed by atoms with E-state index in [0.29, 0.717) is 5.75 Å². The van der Waals surface area contributed by atoms with Gasteiger partial charge in [-0.2, -0.15) is 0 Å². The van der Waals surface area contributed by atoms with Crippen LogP contribution in [0.5, 0.6) is 11.5 Å². The number of benzene rings is 2. The van der Waals surface area contributed by atoms with Crippen LogP contribution in [0.25, 0.3) is 11.1 Å². The third-order valence-electron chi connectivity index (χ3n) is 5.15. The van der Waals surface area contributed by atoms with Gasteiger partial charge in [0.1, 0.15) is 16.9 Å². The monoisotopic (exact) mass is 416 g/mol. The minimum Gasteiger partial charge on any atom is -0.494 e. The Labute approximate surface area is 180 Å². The minimum atomic E-state index is -0.626. The van der Waals surface area contributed by atoms with Gasteiger partial charge in [-0.3, -0.25) is 4.79 Å². The highest BCUT2D eigenvalue weighted by atomic mass is 35.5. The molecule has 0 saturated heterocycles. The van der Waals surface area contributed by atoms with Crippen LogP contribution in [0.1, 0.15) is 59.3 Å². The van der Waals surface area contributed by atoms with Gasteiger partial charge in [0.25, 0.3) is 0 Å².